The van der Waals surface area contributed by atoms with Crippen LogP contribution in [0.5, 0.6) is 5.75 Å². The van der Waals surface area contributed by atoms with E-state index in [0.29, 0.717) is 6.61 Å². The van der Waals surface area contributed by atoms with Crippen molar-refractivity contribution in [3.05, 3.63) is 77.9 Å². The number of hydrogen-bond donors (Lipinski definition) is 0. The standard InChI is InChI=1S/C24H26O3/c1-25-23-11-6-14-24(23,26-2)21-9-5-10-22(16-21)27-17-18-12-13-19-7-3-4-8-20(19)15-18/h3-5,7-10,12-13,15-16,23H,6,11,14,17H2,1-2H3/t23-,24-/m1/s1. The summed E-state index contributed by atoms with van der Waals surface area (Å²) in [6.07, 6.45) is 3.18. The van der Waals surface area contributed by atoms with E-state index in [4.69, 9.17) is 14.2 Å². The van der Waals surface area contributed by atoms with E-state index in [-0.39, 0.29) is 11.7 Å². The second kappa shape index (κ2) is 7.71. The van der Waals surface area contributed by atoms with Crippen LogP contribution in [-0.4, -0.2) is 20.3 Å². The summed E-state index contributed by atoms with van der Waals surface area (Å²) >= 11 is 0. The van der Waals surface area contributed by atoms with E-state index in [1.807, 2.05) is 12.1 Å². The molecular formula is C24H26O3. The van der Waals surface area contributed by atoms with E-state index in [1.54, 1.807) is 14.2 Å². The summed E-state index contributed by atoms with van der Waals surface area (Å²) in [6.45, 7) is 0.544. The number of fused-ring (bicyclic) bond motifs is 1. The van der Waals surface area contributed by atoms with Crippen LogP contribution in [0, 0.1) is 0 Å². The predicted molar refractivity (Wildman–Crippen MR) is 108 cm³/mol. The number of benzene rings is 3. The van der Waals surface area contributed by atoms with Gasteiger partial charge in [-0.2, -0.15) is 0 Å². The van der Waals surface area contributed by atoms with Gasteiger partial charge in [0.05, 0.1) is 6.10 Å². The van der Waals surface area contributed by atoms with E-state index in [9.17, 15) is 0 Å². The lowest BCUT2D eigenvalue weighted by Crippen LogP contribution is -2.37. The molecule has 1 fully saturated rings. The number of hydrogen-bond acceptors (Lipinski definition) is 3. The fourth-order valence-electron chi connectivity index (χ4n) is 4.28. The van der Waals surface area contributed by atoms with Crippen LogP contribution in [0.1, 0.15) is 30.4 Å². The van der Waals surface area contributed by atoms with E-state index in [1.165, 1.54) is 10.8 Å². The Balaban J connectivity index is 1.53. The predicted octanol–water partition coefficient (Wildman–Crippen LogP) is 5.46. The lowest BCUT2D eigenvalue weighted by molar-refractivity contribution is -0.104. The van der Waals surface area contributed by atoms with Gasteiger partial charge >= 0.3 is 0 Å². The zero-order valence-electron chi connectivity index (χ0n) is 16.0. The summed E-state index contributed by atoms with van der Waals surface area (Å²) < 4.78 is 17.8. The van der Waals surface area contributed by atoms with Crippen molar-refractivity contribution < 1.29 is 14.2 Å². The molecule has 0 spiro atoms. The second-order valence-corrected chi connectivity index (χ2v) is 7.21. The zero-order valence-corrected chi connectivity index (χ0v) is 16.0. The van der Waals surface area contributed by atoms with Crippen LogP contribution in [0.15, 0.2) is 66.7 Å². The summed E-state index contributed by atoms with van der Waals surface area (Å²) in [4.78, 5) is 0. The second-order valence-electron chi connectivity index (χ2n) is 7.21. The first-order valence-corrected chi connectivity index (χ1v) is 9.54. The molecule has 140 valence electrons. The van der Waals surface area contributed by atoms with Gasteiger partial charge in [0.25, 0.3) is 0 Å². The van der Waals surface area contributed by atoms with Crippen LogP contribution in [0.2, 0.25) is 0 Å². The van der Waals surface area contributed by atoms with E-state index < -0.39 is 0 Å². The molecule has 0 N–H and O–H groups in total. The molecule has 4 rings (SSSR count). The van der Waals surface area contributed by atoms with Crippen LogP contribution in [-0.2, 0) is 21.7 Å². The third-order valence-electron chi connectivity index (χ3n) is 5.73. The Morgan fingerprint density at radius 2 is 1.78 bits per heavy atom. The van der Waals surface area contributed by atoms with E-state index in [0.717, 1.165) is 36.1 Å². The molecule has 1 saturated carbocycles. The molecule has 3 aromatic carbocycles. The van der Waals surface area contributed by atoms with Gasteiger partial charge in [-0.25, -0.2) is 0 Å². The normalized spacial score (nSPS) is 22.2. The zero-order chi connectivity index (χ0) is 18.7. The molecule has 3 heteroatoms. The van der Waals surface area contributed by atoms with Gasteiger partial charge in [0, 0.05) is 14.2 Å². The first kappa shape index (κ1) is 18.0. The Labute approximate surface area is 160 Å². The van der Waals surface area contributed by atoms with Gasteiger partial charge in [-0.15, -0.1) is 0 Å². The maximum absolute atomic E-state index is 6.10. The van der Waals surface area contributed by atoms with E-state index >= 15 is 0 Å². The smallest absolute Gasteiger partial charge is 0.120 e. The Hall–Kier alpha value is -2.36. The molecule has 3 aromatic rings. The molecule has 0 bridgehead atoms. The highest BCUT2D eigenvalue weighted by molar-refractivity contribution is 5.82. The summed E-state index contributed by atoms with van der Waals surface area (Å²) in [5.74, 6) is 0.860. The van der Waals surface area contributed by atoms with Crippen molar-refractivity contribution in [2.45, 2.75) is 37.6 Å². The molecular weight excluding hydrogens is 336 g/mol. The SMILES string of the molecule is CO[C@@H]1CCC[C@@]1(OC)c1cccc(OCc2ccc3ccccc3c2)c1. The molecule has 2 atom stereocenters. The highest BCUT2D eigenvalue weighted by Crippen LogP contribution is 2.44. The highest BCUT2D eigenvalue weighted by atomic mass is 16.5. The Morgan fingerprint density at radius 1 is 0.926 bits per heavy atom. The van der Waals surface area contributed by atoms with Gasteiger partial charge in [0.15, 0.2) is 0 Å². The lowest BCUT2D eigenvalue weighted by atomic mass is 9.89. The van der Waals surface area contributed by atoms with Crippen molar-refractivity contribution in [2.75, 3.05) is 14.2 Å². The summed E-state index contributed by atoms with van der Waals surface area (Å²) in [7, 11) is 3.55. The first-order chi connectivity index (χ1) is 13.2. The number of methoxy groups -OCH3 is 2. The maximum Gasteiger partial charge on any atom is 0.120 e. The number of ether oxygens (including phenoxy) is 3. The summed E-state index contributed by atoms with van der Waals surface area (Å²) in [5, 5.41) is 2.48. The van der Waals surface area contributed by atoms with Gasteiger partial charge in [-0.05, 0) is 59.4 Å². The van der Waals surface area contributed by atoms with Crippen LogP contribution < -0.4 is 4.74 Å². The monoisotopic (exact) mass is 362 g/mol. The largest absolute Gasteiger partial charge is 0.489 e. The van der Waals surface area contributed by atoms with Gasteiger partial charge in [-0.1, -0.05) is 48.5 Å². The minimum absolute atomic E-state index is 0.0817. The molecule has 0 amide bonds. The fourth-order valence-corrected chi connectivity index (χ4v) is 4.28. The highest BCUT2D eigenvalue weighted by Gasteiger charge is 2.45. The van der Waals surface area contributed by atoms with Gasteiger partial charge in [0.2, 0.25) is 0 Å². The third-order valence-corrected chi connectivity index (χ3v) is 5.73. The molecule has 3 nitrogen and oxygen atoms in total. The van der Waals surface area contributed by atoms with E-state index in [2.05, 4.69) is 54.6 Å². The van der Waals surface area contributed by atoms with Gasteiger partial charge < -0.3 is 14.2 Å². The molecule has 0 aliphatic heterocycles. The Bertz CT molecular complexity index is 920. The van der Waals surface area contributed by atoms with Gasteiger partial charge in [0.1, 0.15) is 18.0 Å². The molecule has 0 aromatic heterocycles. The van der Waals surface area contributed by atoms with Crippen molar-refractivity contribution in [2.24, 2.45) is 0 Å². The fraction of sp³-hybridized carbons (Fsp3) is 0.333. The quantitative estimate of drug-likeness (QED) is 0.583. The van der Waals surface area contributed by atoms with Crippen LogP contribution in [0.3, 0.4) is 0 Å². The van der Waals surface area contributed by atoms with Crippen molar-refractivity contribution in [3.8, 4) is 5.75 Å². The third kappa shape index (κ3) is 3.45. The lowest BCUT2D eigenvalue weighted by Gasteiger charge is -2.34. The summed E-state index contributed by atoms with van der Waals surface area (Å²) in [5.41, 5.74) is 1.92. The van der Waals surface area contributed by atoms with Crippen molar-refractivity contribution in [1.29, 1.82) is 0 Å². The van der Waals surface area contributed by atoms with Crippen LogP contribution in [0.25, 0.3) is 10.8 Å². The van der Waals surface area contributed by atoms with Gasteiger partial charge in [-0.3, -0.25) is 0 Å². The Morgan fingerprint density at radius 3 is 2.59 bits per heavy atom. The maximum atomic E-state index is 6.10. The van der Waals surface area contributed by atoms with Crippen molar-refractivity contribution in [1.82, 2.24) is 0 Å². The average Bonchev–Trinajstić information content (AvgIpc) is 3.16. The van der Waals surface area contributed by atoms with Crippen molar-refractivity contribution in [3.63, 3.8) is 0 Å². The van der Waals surface area contributed by atoms with Crippen LogP contribution in [0.4, 0.5) is 0 Å². The Kier molecular flexibility index (Phi) is 5.15. The molecule has 0 unspecified atom stereocenters. The molecule has 1 aliphatic carbocycles. The molecule has 27 heavy (non-hydrogen) atoms. The average molecular weight is 362 g/mol. The summed E-state index contributed by atoms with van der Waals surface area (Å²) in [6, 6.07) is 23.1. The van der Waals surface area contributed by atoms with Crippen molar-refractivity contribution >= 4 is 10.8 Å². The molecule has 0 radical (unpaired) electrons. The van der Waals surface area contributed by atoms with Crippen LogP contribution >= 0.6 is 0 Å². The molecule has 0 heterocycles. The topological polar surface area (TPSA) is 27.7 Å². The minimum Gasteiger partial charge on any atom is -0.489 e. The minimum atomic E-state index is -0.378. The molecule has 1 aliphatic rings. The number of rotatable bonds is 6. The molecule has 0 saturated heterocycles. The first-order valence-electron chi connectivity index (χ1n) is 9.54.